The zero-order valence-electron chi connectivity index (χ0n) is 22.5. The van der Waals surface area contributed by atoms with E-state index in [1.807, 2.05) is 12.1 Å². The van der Waals surface area contributed by atoms with Gasteiger partial charge in [-0.05, 0) is 43.3 Å². The van der Waals surface area contributed by atoms with Gasteiger partial charge in [0.2, 0.25) is 0 Å². The summed E-state index contributed by atoms with van der Waals surface area (Å²) < 4.78 is 20.7. The van der Waals surface area contributed by atoms with Crippen molar-refractivity contribution in [1.82, 2.24) is 20.2 Å². The molecule has 7 nitrogen and oxygen atoms in total. The minimum Gasteiger partial charge on any atom is -0.461 e. The number of hydrogen-bond donors (Lipinski definition) is 1. The van der Waals surface area contributed by atoms with Crippen molar-refractivity contribution in [3.8, 4) is 6.01 Å². The van der Waals surface area contributed by atoms with E-state index in [1.54, 1.807) is 0 Å². The second kappa shape index (κ2) is 10.1. The highest BCUT2D eigenvalue weighted by atomic mass is 35.5. The van der Waals surface area contributed by atoms with Crippen molar-refractivity contribution in [2.45, 2.75) is 43.9 Å². The van der Waals surface area contributed by atoms with E-state index in [0.29, 0.717) is 38.0 Å². The first-order valence-corrected chi connectivity index (χ1v) is 14.6. The van der Waals surface area contributed by atoms with Gasteiger partial charge >= 0.3 is 6.01 Å². The van der Waals surface area contributed by atoms with Crippen LogP contribution in [0.2, 0.25) is 5.02 Å². The summed E-state index contributed by atoms with van der Waals surface area (Å²) >= 11 is 6.68. The topological polar surface area (TPSA) is 56.8 Å². The van der Waals surface area contributed by atoms with Gasteiger partial charge in [-0.3, -0.25) is 4.90 Å². The minimum atomic E-state index is -0.780. The standard InChI is InChI=1S/C30H36ClFN6O/c1-36(16-20-14-33-15-20)28-23-9-12-37(26-8-3-6-21-5-2-7-24(31)27(21)26)18-25(23)34-29(35-28)39-19-30-10-4-11-38(30)17-22(32)13-30/h2-3,5-8,20,22,33H,4,9-19H2,1H3/t22-,30+/m1/s1. The molecule has 1 aromatic heterocycles. The molecule has 0 bridgehead atoms. The summed E-state index contributed by atoms with van der Waals surface area (Å²) in [6.45, 7) is 6.45. The molecule has 0 unspecified atom stereocenters. The second-order valence-corrected chi connectivity index (χ2v) is 12.2. The lowest BCUT2D eigenvalue weighted by Gasteiger charge is -2.36. The average Bonchev–Trinajstić information content (AvgIpc) is 3.44. The number of anilines is 2. The largest absolute Gasteiger partial charge is 0.461 e. The first kappa shape index (κ1) is 25.3. The number of alkyl halides is 1. The van der Waals surface area contributed by atoms with E-state index in [2.05, 4.69) is 51.3 Å². The normalized spacial score (nSPS) is 25.0. The molecule has 4 aliphatic rings. The lowest BCUT2D eigenvalue weighted by molar-refractivity contribution is 0.107. The predicted octanol–water partition coefficient (Wildman–Crippen LogP) is 4.46. The number of nitrogens with one attached hydrogen (secondary N) is 1. The van der Waals surface area contributed by atoms with E-state index in [4.69, 9.17) is 26.3 Å². The van der Waals surface area contributed by atoms with Crippen molar-refractivity contribution in [2.75, 3.05) is 62.7 Å². The van der Waals surface area contributed by atoms with E-state index in [-0.39, 0.29) is 5.54 Å². The Morgan fingerprint density at radius 2 is 2.03 bits per heavy atom. The highest BCUT2D eigenvalue weighted by Gasteiger charge is 2.49. The maximum absolute atomic E-state index is 14.4. The molecule has 3 aromatic rings. The fourth-order valence-electron chi connectivity index (χ4n) is 7.11. The van der Waals surface area contributed by atoms with Crippen molar-refractivity contribution in [3.05, 3.63) is 52.7 Å². The molecule has 3 fully saturated rings. The zero-order valence-corrected chi connectivity index (χ0v) is 23.3. The molecule has 4 aliphatic heterocycles. The summed E-state index contributed by atoms with van der Waals surface area (Å²) in [5.74, 6) is 1.59. The van der Waals surface area contributed by atoms with E-state index in [0.717, 1.165) is 85.0 Å². The van der Waals surface area contributed by atoms with Crippen molar-refractivity contribution >= 4 is 33.9 Å². The van der Waals surface area contributed by atoms with Crippen LogP contribution in [-0.4, -0.2) is 79.5 Å². The molecular weight excluding hydrogens is 515 g/mol. The maximum atomic E-state index is 14.4. The molecule has 3 saturated heterocycles. The number of halogens is 2. The number of fused-ring (bicyclic) bond motifs is 3. The summed E-state index contributed by atoms with van der Waals surface area (Å²) in [5.41, 5.74) is 3.10. The third-order valence-electron chi connectivity index (χ3n) is 9.19. The van der Waals surface area contributed by atoms with Crippen LogP contribution in [0.15, 0.2) is 36.4 Å². The minimum absolute atomic E-state index is 0.228. The Balaban J connectivity index is 1.21. The summed E-state index contributed by atoms with van der Waals surface area (Å²) in [4.78, 5) is 16.9. The number of hydrogen-bond acceptors (Lipinski definition) is 7. The Morgan fingerprint density at radius 3 is 2.85 bits per heavy atom. The molecular formula is C30H36ClFN6O. The van der Waals surface area contributed by atoms with Crippen molar-refractivity contribution in [1.29, 1.82) is 0 Å². The zero-order chi connectivity index (χ0) is 26.6. The van der Waals surface area contributed by atoms with Crippen LogP contribution in [0.5, 0.6) is 6.01 Å². The lowest BCUT2D eigenvalue weighted by Crippen LogP contribution is -2.48. The monoisotopic (exact) mass is 550 g/mol. The predicted molar refractivity (Wildman–Crippen MR) is 154 cm³/mol. The molecule has 206 valence electrons. The molecule has 0 saturated carbocycles. The van der Waals surface area contributed by atoms with Gasteiger partial charge in [-0.25, -0.2) is 4.39 Å². The van der Waals surface area contributed by atoms with Gasteiger partial charge < -0.3 is 19.9 Å². The number of benzene rings is 2. The average molecular weight is 551 g/mol. The van der Waals surface area contributed by atoms with E-state index in [9.17, 15) is 4.39 Å². The summed E-state index contributed by atoms with van der Waals surface area (Å²) in [6, 6.07) is 12.8. The highest BCUT2D eigenvalue weighted by Crippen LogP contribution is 2.41. The van der Waals surface area contributed by atoms with Crippen LogP contribution in [0.4, 0.5) is 15.9 Å². The Hall–Kier alpha value is -2.68. The van der Waals surface area contributed by atoms with Gasteiger partial charge in [0.05, 0.1) is 22.8 Å². The van der Waals surface area contributed by atoms with Gasteiger partial charge in [-0.15, -0.1) is 0 Å². The van der Waals surface area contributed by atoms with Gasteiger partial charge in [0.25, 0.3) is 0 Å². The third-order valence-corrected chi connectivity index (χ3v) is 9.50. The number of rotatable bonds is 7. The van der Waals surface area contributed by atoms with Gasteiger partial charge in [0.1, 0.15) is 18.6 Å². The summed E-state index contributed by atoms with van der Waals surface area (Å²) in [5, 5.41) is 6.35. The van der Waals surface area contributed by atoms with Crippen molar-refractivity contribution < 1.29 is 9.13 Å². The lowest BCUT2D eigenvalue weighted by atomic mass is 9.95. The maximum Gasteiger partial charge on any atom is 0.318 e. The van der Waals surface area contributed by atoms with Crippen LogP contribution >= 0.6 is 11.6 Å². The molecule has 9 heteroatoms. The third kappa shape index (κ3) is 4.60. The van der Waals surface area contributed by atoms with Crippen molar-refractivity contribution in [3.63, 3.8) is 0 Å². The van der Waals surface area contributed by atoms with E-state index < -0.39 is 6.17 Å². The Bertz CT molecular complexity index is 1380. The SMILES string of the molecule is CN(CC1CNC1)c1nc(OC[C@@]23CCCN2C[C@H](F)C3)nc2c1CCN(c1cccc3cccc(Cl)c13)C2. The van der Waals surface area contributed by atoms with Crippen molar-refractivity contribution in [2.24, 2.45) is 5.92 Å². The van der Waals surface area contributed by atoms with E-state index in [1.165, 1.54) is 5.56 Å². The number of nitrogens with zero attached hydrogens (tertiary/aromatic N) is 5. The molecule has 39 heavy (non-hydrogen) atoms. The molecule has 0 radical (unpaired) electrons. The first-order valence-electron chi connectivity index (χ1n) is 14.2. The second-order valence-electron chi connectivity index (χ2n) is 11.8. The van der Waals surface area contributed by atoms with Crippen LogP contribution in [0.1, 0.15) is 30.5 Å². The number of ether oxygens (including phenoxy) is 1. The molecule has 0 aliphatic carbocycles. The molecule has 0 amide bonds. The smallest absolute Gasteiger partial charge is 0.318 e. The molecule has 2 atom stereocenters. The molecule has 1 N–H and O–H groups in total. The fraction of sp³-hybridized carbons (Fsp3) is 0.533. The molecule has 2 aromatic carbocycles. The van der Waals surface area contributed by atoms with Crippen LogP contribution in [-0.2, 0) is 13.0 Å². The Kier molecular flexibility index (Phi) is 6.52. The van der Waals surface area contributed by atoms with Crippen LogP contribution in [0, 0.1) is 5.92 Å². The van der Waals surface area contributed by atoms with Gasteiger partial charge in [-0.2, -0.15) is 9.97 Å². The highest BCUT2D eigenvalue weighted by molar-refractivity contribution is 6.36. The fourth-order valence-corrected chi connectivity index (χ4v) is 7.39. The summed E-state index contributed by atoms with van der Waals surface area (Å²) in [7, 11) is 2.13. The van der Waals surface area contributed by atoms with Gasteiger partial charge in [-0.1, -0.05) is 35.9 Å². The Labute approximate surface area is 234 Å². The number of aromatic nitrogens is 2. The first-order chi connectivity index (χ1) is 19.0. The van der Waals surface area contributed by atoms with Gasteiger partial charge in [0.15, 0.2) is 0 Å². The molecule has 0 spiro atoms. The molecule has 7 rings (SSSR count). The van der Waals surface area contributed by atoms with Crippen LogP contribution in [0.3, 0.4) is 0 Å². The quantitative estimate of drug-likeness (QED) is 0.466. The van der Waals surface area contributed by atoms with Crippen LogP contribution in [0.25, 0.3) is 10.8 Å². The molecule has 5 heterocycles. The Morgan fingerprint density at radius 1 is 1.18 bits per heavy atom. The summed E-state index contributed by atoms with van der Waals surface area (Å²) in [6.07, 6.45) is 2.66. The van der Waals surface area contributed by atoms with Crippen LogP contribution < -0.4 is 19.9 Å². The van der Waals surface area contributed by atoms with E-state index >= 15 is 0 Å². The van der Waals surface area contributed by atoms with Gasteiger partial charge in [0, 0.05) is 68.7 Å².